The molecule has 1 amide bonds. The van der Waals surface area contributed by atoms with Crippen LogP contribution in [0.5, 0.6) is 0 Å². The SMILES string of the molecule is CN=C(NCCc1ccc(NC(C)=O)cc1)NCCc1c[nH]c2ccc(F)cc12.I. The van der Waals surface area contributed by atoms with Crippen LogP contribution in [-0.4, -0.2) is 37.0 Å². The number of aliphatic imine (C=N–C) groups is 1. The van der Waals surface area contributed by atoms with Crippen LogP contribution in [0, 0.1) is 5.82 Å². The number of fused-ring (bicyclic) bond motifs is 1. The van der Waals surface area contributed by atoms with Crippen LogP contribution in [0.4, 0.5) is 10.1 Å². The Morgan fingerprint density at radius 3 is 2.43 bits per heavy atom. The second-order valence-corrected chi connectivity index (χ2v) is 6.81. The number of aromatic nitrogens is 1. The maximum absolute atomic E-state index is 13.5. The van der Waals surface area contributed by atoms with Crippen LogP contribution >= 0.6 is 24.0 Å². The summed E-state index contributed by atoms with van der Waals surface area (Å²) >= 11 is 0. The van der Waals surface area contributed by atoms with Crippen molar-refractivity contribution in [2.75, 3.05) is 25.5 Å². The highest BCUT2D eigenvalue weighted by Crippen LogP contribution is 2.19. The summed E-state index contributed by atoms with van der Waals surface area (Å²) < 4.78 is 13.5. The van der Waals surface area contributed by atoms with Gasteiger partial charge in [-0.1, -0.05) is 12.1 Å². The number of nitrogens with one attached hydrogen (secondary N) is 4. The maximum Gasteiger partial charge on any atom is 0.221 e. The van der Waals surface area contributed by atoms with Crippen LogP contribution < -0.4 is 16.0 Å². The highest BCUT2D eigenvalue weighted by atomic mass is 127. The summed E-state index contributed by atoms with van der Waals surface area (Å²) in [4.78, 5) is 18.5. The molecule has 0 saturated heterocycles. The van der Waals surface area contributed by atoms with Gasteiger partial charge >= 0.3 is 0 Å². The molecule has 0 fully saturated rings. The number of H-pyrrole nitrogens is 1. The molecule has 0 atom stereocenters. The molecule has 0 unspecified atom stereocenters. The van der Waals surface area contributed by atoms with E-state index < -0.39 is 0 Å². The number of carbonyl (C=O) groups is 1. The van der Waals surface area contributed by atoms with Gasteiger partial charge in [-0.25, -0.2) is 4.39 Å². The number of hydrogen-bond acceptors (Lipinski definition) is 2. The van der Waals surface area contributed by atoms with Gasteiger partial charge in [0.2, 0.25) is 5.91 Å². The molecule has 8 heteroatoms. The lowest BCUT2D eigenvalue weighted by molar-refractivity contribution is -0.114. The van der Waals surface area contributed by atoms with Crippen LogP contribution in [-0.2, 0) is 17.6 Å². The first-order valence-corrected chi connectivity index (χ1v) is 9.61. The van der Waals surface area contributed by atoms with Crippen LogP contribution in [0.2, 0.25) is 0 Å². The molecule has 160 valence electrons. The number of hydrogen-bond donors (Lipinski definition) is 4. The Kier molecular flexibility index (Phi) is 9.10. The van der Waals surface area contributed by atoms with Gasteiger partial charge < -0.3 is 20.9 Å². The van der Waals surface area contributed by atoms with Crippen molar-refractivity contribution < 1.29 is 9.18 Å². The van der Waals surface area contributed by atoms with Gasteiger partial charge in [-0.15, -0.1) is 24.0 Å². The highest BCUT2D eigenvalue weighted by Gasteiger charge is 2.05. The third-order valence-electron chi connectivity index (χ3n) is 4.62. The first kappa shape index (κ1) is 23.7. The van der Waals surface area contributed by atoms with Crippen molar-refractivity contribution in [1.29, 1.82) is 0 Å². The van der Waals surface area contributed by atoms with E-state index in [-0.39, 0.29) is 35.7 Å². The fourth-order valence-electron chi connectivity index (χ4n) is 3.18. The molecule has 0 bridgehead atoms. The Morgan fingerprint density at radius 1 is 1.07 bits per heavy atom. The highest BCUT2D eigenvalue weighted by molar-refractivity contribution is 14.0. The van der Waals surface area contributed by atoms with Gasteiger partial charge in [0.25, 0.3) is 0 Å². The second-order valence-electron chi connectivity index (χ2n) is 6.81. The summed E-state index contributed by atoms with van der Waals surface area (Å²) in [7, 11) is 1.73. The van der Waals surface area contributed by atoms with E-state index in [0.717, 1.165) is 47.5 Å². The summed E-state index contributed by atoms with van der Waals surface area (Å²) in [5.74, 6) is 0.423. The molecular formula is C22H27FIN5O. The zero-order valence-corrected chi connectivity index (χ0v) is 19.4. The third kappa shape index (κ3) is 6.72. The molecule has 0 saturated carbocycles. The molecule has 1 aromatic heterocycles. The minimum atomic E-state index is -0.228. The standard InChI is InChI=1S/C22H26FN5O.HI/c1-15(29)28-19-6-3-16(4-7-19)9-11-25-22(24-2)26-12-10-17-14-27-21-8-5-18(23)13-20(17)21;/h3-8,13-14,27H,9-12H2,1-2H3,(H,28,29)(H2,24,25,26);1H. The Morgan fingerprint density at radius 2 is 1.77 bits per heavy atom. The lowest BCUT2D eigenvalue weighted by atomic mass is 10.1. The maximum atomic E-state index is 13.5. The molecule has 6 nitrogen and oxygen atoms in total. The van der Waals surface area contributed by atoms with Crippen molar-refractivity contribution in [2.24, 2.45) is 4.99 Å². The zero-order valence-electron chi connectivity index (χ0n) is 17.1. The molecule has 0 spiro atoms. The molecule has 0 aliphatic carbocycles. The van der Waals surface area contributed by atoms with E-state index in [4.69, 9.17) is 0 Å². The van der Waals surface area contributed by atoms with E-state index in [0.29, 0.717) is 6.54 Å². The van der Waals surface area contributed by atoms with Crippen molar-refractivity contribution in [3.05, 3.63) is 65.6 Å². The summed E-state index contributed by atoms with van der Waals surface area (Å²) in [5, 5.41) is 10.3. The predicted octanol–water partition coefficient (Wildman–Crippen LogP) is 3.83. The van der Waals surface area contributed by atoms with Gasteiger partial charge in [0.1, 0.15) is 5.82 Å². The largest absolute Gasteiger partial charge is 0.361 e. The number of aromatic amines is 1. The van der Waals surface area contributed by atoms with Crippen LogP contribution in [0.1, 0.15) is 18.1 Å². The average Bonchev–Trinajstić information content (AvgIpc) is 3.09. The Labute approximate surface area is 192 Å². The molecule has 3 aromatic rings. The van der Waals surface area contributed by atoms with Crippen molar-refractivity contribution in [1.82, 2.24) is 15.6 Å². The minimum Gasteiger partial charge on any atom is -0.361 e. The van der Waals surface area contributed by atoms with Crippen LogP contribution in [0.3, 0.4) is 0 Å². The molecule has 0 aliphatic rings. The number of nitrogens with zero attached hydrogens (tertiary/aromatic N) is 1. The average molecular weight is 523 g/mol. The fourth-order valence-corrected chi connectivity index (χ4v) is 3.18. The molecule has 0 radical (unpaired) electrons. The van der Waals surface area contributed by atoms with Crippen LogP contribution in [0.15, 0.2) is 53.7 Å². The zero-order chi connectivity index (χ0) is 20.6. The van der Waals surface area contributed by atoms with E-state index in [1.54, 1.807) is 19.2 Å². The van der Waals surface area contributed by atoms with Crippen molar-refractivity contribution in [2.45, 2.75) is 19.8 Å². The predicted molar refractivity (Wildman–Crippen MR) is 131 cm³/mol. The van der Waals surface area contributed by atoms with Crippen molar-refractivity contribution in [3.63, 3.8) is 0 Å². The van der Waals surface area contributed by atoms with Gasteiger partial charge in [0.05, 0.1) is 0 Å². The minimum absolute atomic E-state index is 0. The smallest absolute Gasteiger partial charge is 0.221 e. The topological polar surface area (TPSA) is 81.3 Å². The van der Waals surface area contributed by atoms with Gasteiger partial charge in [-0.2, -0.15) is 0 Å². The first-order valence-electron chi connectivity index (χ1n) is 9.61. The lowest BCUT2D eigenvalue weighted by Crippen LogP contribution is -2.39. The number of amides is 1. The first-order chi connectivity index (χ1) is 14.0. The monoisotopic (exact) mass is 523 g/mol. The Balaban J connectivity index is 0.00000320. The second kappa shape index (κ2) is 11.5. The number of halogens is 2. The number of rotatable bonds is 7. The van der Waals surface area contributed by atoms with Gasteiger partial charge in [-0.05, 0) is 54.3 Å². The number of anilines is 1. The molecular weight excluding hydrogens is 496 g/mol. The third-order valence-corrected chi connectivity index (χ3v) is 4.62. The molecule has 30 heavy (non-hydrogen) atoms. The van der Waals surface area contributed by atoms with E-state index in [2.05, 4.69) is 25.9 Å². The van der Waals surface area contributed by atoms with E-state index in [9.17, 15) is 9.18 Å². The summed E-state index contributed by atoms with van der Waals surface area (Å²) in [6.45, 7) is 2.92. The molecule has 2 aromatic carbocycles. The van der Waals surface area contributed by atoms with Gasteiger partial charge in [0.15, 0.2) is 5.96 Å². The van der Waals surface area contributed by atoms with Crippen LogP contribution in [0.25, 0.3) is 10.9 Å². The summed E-state index contributed by atoms with van der Waals surface area (Å²) in [6.07, 6.45) is 3.52. The van der Waals surface area contributed by atoms with E-state index in [1.807, 2.05) is 30.5 Å². The molecule has 4 N–H and O–H groups in total. The summed E-state index contributed by atoms with van der Waals surface area (Å²) in [5.41, 5.74) is 3.97. The number of carbonyl (C=O) groups excluding carboxylic acids is 1. The molecule has 1 heterocycles. The number of guanidine groups is 1. The van der Waals surface area contributed by atoms with Gasteiger partial charge in [0, 0.05) is 49.8 Å². The fraction of sp³-hybridized carbons (Fsp3) is 0.273. The molecule has 0 aliphatic heterocycles. The van der Waals surface area contributed by atoms with Crippen molar-refractivity contribution in [3.8, 4) is 0 Å². The van der Waals surface area contributed by atoms with Crippen molar-refractivity contribution >= 4 is 52.4 Å². The van der Waals surface area contributed by atoms with E-state index >= 15 is 0 Å². The van der Waals surface area contributed by atoms with Gasteiger partial charge in [-0.3, -0.25) is 9.79 Å². The quantitative estimate of drug-likeness (QED) is 0.216. The lowest BCUT2D eigenvalue weighted by Gasteiger charge is -2.12. The number of benzene rings is 2. The normalized spacial score (nSPS) is 11.1. The molecule has 3 rings (SSSR count). The Bertz CT molecular complexity index is 1000. The van der Waals surface area contributed by atoms with E-state index in [1.165, 1.54) is 18.6 Å². The Hall–Kier alpha value is -2.62. The summed E-state index contributed by atoms with van der Waals surface area (Å²) in [6, 6.07) is 12.6.